The maximum Gasteiger partial charge on any atom is 0.318 e. The third-order valence-corrected chi connectivity index (χ3v) is 11.6. The summed E-state index contributed by atoms with van der Waals surface area (Å²) >= 11 is 0. The van der Waals surface area contributed by atoms with E-state index in [1.165, 1.54) is 0 Å². The van der Waals surface area contributed by atoms with E-state index < -0.39 is 6.04 Å². The van der Waals surface area contributed by atoms with Crippen molar-refractivity contribution in [1.29, 1.82) is 0 Å². The van der Waals surface area contributed by atoms with E-state index >= 15 is 0 Å². The first kappa shape index (κ1) is 33.5. The zero-order chi connectivity index (χ0) is 34.4. The molecule has 3 aromatic rings. The van der Waals surface area contributed by atoms with Crippen LogP contribution in [0.5, 0.6) is 0 Å². The number of ketones is 1. The monoisotopic (exact) mass is 670 g/mol. The van der Waals surface area contributed by atoms with Gasteiger partial charge in [0, 0.05) is 69.1 Å². The van der Waals surface area contributed by atoms with Crippen LogP contribution in [0.3, 0.4) is 0 Å². The number of nitrogens with one attached hydrogen (secondary N) is 3. The van der Waals surface area contributed by atoms with Gasteiger partial charge in [-0.25, -0.2) is 4.79 Å². The number of piperazine rings is 1. The van der Waals surface area contributed by atoms with Crippen LogP contribution in [-0.2, 0) is 16.6 Å². The fraction of sp³-hybridized carbons (Fsp3) is 0.595. The van der Waals surface area contributed by atoms with Gasteiger partial charge < -0.3 is 25.0 Å². The van der Waals surface area contributed by atoms with Gasteiger partial charge >= 0.3 is 6.03 Å². The predicted molar refractivity (Wildman–Crippen MR) is 188 cm³/mol. The minimum Gasteiger partial charge on any atom is -0.338 e. The molecule has 49 heavy (non-hydrogen) atoms. The second-order valence-electron chi connectivity index (χ2n) is 15.4. The molecule has 4 aliphatic rings. The number of hydrogen-bond acceptors (Lipinski definition) is 7. The predicted octanol–water partition coefficient (Wildman–Crippen LogP) is 3.16. The molecule has 7 rings (SSSR count). The molecular weight excluding hydrogens is 620 g/mol. The summed E-state index contributed by atoms with van der Waals surface area (Å²) in [6.07, 6.45) is 6.16. The number of rotatable bonds is 6. The molecule has 0 saturated carbocycles. The minimum absolute atomic E-state index is 0.00690. The highest BCUT2D eigenvalue weighted by atomic mass is 16.2. The number of carbonyl (C=O) groups is 3. The number of aromatic nitrogens is 3. The van der Waals surface area contributed by atoms with Crippen molar-refractivity contribution in [3.8, 4) is 0 Å². The number of aromatic amines is 2. The van der Waals surface area contributed by atoms with Crippen LogP contribution in [0.15, 0.2) is 29.2 Å². The SMILES string of the molecule is Cc1cc(C[C@@H](NC(=O)N2CCC(c3cc4c([nH]c3=O)C(=O)CC4(C)C)CC2)C(=O)N2CCN(C3CCN(C)CC3)CC2)cc2cn[nH]c12. The number of likely N-dealkylation sites (tertiary alicyclic amines) is 2. The third-order valence-electron chi connectivity index (χ3n) is 11.6. The van der Waals surface area contributed by atoms with Crippen LogP contribution in [-0.4, -0.2) is 124 Å². The fourth-order valence-electron chi connectivity index (χ4n) is 8.58. The van der Waals surface area contributed by atoms with Crippen molar-refractivity contribution >= 4 is 28.6 Å². The van der Waals surface area contributed by atoms with Gasteiger partial charge in [-0.05, 0) is 92.9 Å². The Labute approximate surface area is 287 Å². The standard InChI is InChI=1S/C37H50N8O4/c1-23-17-24(18-26-22-38-41-32(23)26)19-30(35(48)44-15-13-43(14-16-44)27-7-9-42(4)10-8-27)39-36(49)45-11-5-25(6-12-45)28-20-29-33(40-34(28)47)31(46)21-37(29,2)3/h17-18,20,22,25,27,30H,5-16,19,21H2,1-4H3,(H,38,41)(H,39,49)(H,40,47)/t30-/m1/s1. The molecule has 12 nitrogen and oxygen atoms in total. The van der Waals surface area contributed by atoms with Crippen molar-refractivity contribution < 1.29 is 14.4 Å². The van der Waals surface area contributed by atoms with Gasteiger partial charge in [-0.3, -0.25) is 24.4 Å². The number of benzene rings is 1. The Bertz CT molecular complexity index is 1790. The van der Waals surface area contributed by atoms with Crippen LogP contribution >= 0.6 is 0 Å². The Morgan fingerprint density at radius 3 is 2.39 bits per heavy atom. The van der Waals surface area contributed by atoms with Gasteiger partial charge in [-0.15, -0.1) is 0 Å². The number of urea groups is 1. The number of carbonyl (C=O) groups excluding carboxylic acids is 3. The molecule has 0 radical (unpaired) electrons. The number of H-pyrrole nitrogens is 2. The van der Waals surface area contributed by atoms with Crippen LogP contribution in [0.4, 0.5) is 4.79 Å². The van der Waals surface area contributed by atoms with Crippen LogP contribution in [0.1, 0.15) is 84.6 Å². The van der Waals surface area contributed by atoms with E-state index in [0.29, 0.717) is 69.2 Å². The van der Waals surface area contributed by atoms with Crippen LogP contribution in [0.25, 0.3) is 10.9 Å². The minimum atomic E-state index is -0.705. The maximum absolute atomic E-state index is 14.2. The van der Waals surface area contributed by atoms with Gasteiger partial charge in [0.1, 0.15) is 6.04 Å². The molecule has 12 heteroatoms. The summed E-state index contributed by atoms with van der Waals surface area (Å²) in [6.45, 7) is 12.3. The molecule has 3 amide bonds. The number of nitrogens with zero attached hydrogens (tertiary/aromatic N) is 5. The van der Waals surface area contributed by atoms with E-state index in [-0.39, 0.29) is 34.6 Å². The normalized spacial score (nSPS) is 21.7. The largest absolute Gasteiger partial charge is 0.338 e. The quantitative estimate of drug-likeness (QED) is 0.367. The third kappa shape index (κ3) is 6.77. The summed E-state index contributed by atoms with van der Waals surface area (Å²) in [4.78, 5) is 65.0. The van der Waals surface area contributed by atoms with E-state index in [4.69, 9.17) is 0 Å². The molecule has 3 N–H and O–H groups in total. The molecule has 0 spiro atoms. The molecule has 0 bridgehead atoms. The van der Waals surface area contributed by atoms with Crippen molar-refractivity contribution in [3.05, 3.63) is 62.7 Å². The van der Waals surface area contributed by atoms with Gasteiger partial charge in [0.05, 0.1) is 17.4 Å². The molecule has 1 atom stereocenters. The van der Waals surface area contributed by atoms with E-state index in [2.05, 4.69) is 43.4 Å². The molecule has 262 valence electrons. The number of Topliss-reactive ketones (excluding diaryl/α,β-unsaturated/α-hetero) is 1. The van der Waals surface area contributed by atoms with Crippen molar-refractivity contribution in [2.45, 2.75) is 82.7 Å². The maximum atomic E-state index is 14.2. The van der Waals surface area contributed by atoms with Crippen LogP contribution in [0, 0.1) is 6.92 Å². The summed E-state index contributed by atoms with van der Waals surface area (Å²) in [7, 11) is 2.18. The zero-order valence-electron chi connectivity index (χ0n) is 29.3. The average Bonchev–Trinajstić information content (AvgIpc) is 3.65. The van der Waals surface area contributed by atoms with E-state index in [0.717, 1.165) is 66.6 Å². The molecule has 1 aliphatic carbocycles. The highest BCUT2D eigenvalue weighted by Crippen LogP contribution is 2.38. The second-order valence-corrected chi connectivity index (χ2v) is 15.4. The van der Waals surface area contributed by atoms with Crippen molar-refractivity contribution in [2.24, 2.45) is 0 Å². The summed E-state index contributed by atoms with van der Waals surface area (Å²) in [5.74, 6) is -0.0659. The van der Waals surface area contributed by atoms with Gasteiger partial charge in [-0.2, -0.15) is 5.10 Å². The average molecular weight is 671 g/mol. The van der Waals surface area contributed by atoms with Crippen molar-refractivity contribution in [3.63, 3.8) is 0 Å². The lowest BCUT2D eigenvalue weighted by Gasteiger charge is -2.43. The molecule has 2 aromatic heterocycles. The first-order chi connectivity index (χ1) is 23.5. The molecule has 0 unspecified atom stereocenters. The van der Waals surface area contributed by atoms with Crippen LogP contribution < -0.4 is 10.9 Å². The Hall–Kier alpha value is -4.03. The highest BCUT2D eigenvalue weighted by Gasteiger charge is 2.39. The smallest absolute Gasteiger partial charge is 0.318 e. The summed E-state index contributed by atoms with van der Waals surface area (Å²) in [5, 5.41) is 11.4. The van der Waals surface area contributed by atoms with Crippen LogP contribution in [0.2, 0.25) is 0 Å². The second kappa shape index (κ2) is 13.4. The molecule has 3 saturated heterocycles. The number of piperidine rings is 2. The lowest BCUT2D eigenvalue weighted by atomic mass is 9.83. The lowest BCUT2D eigenvalue weighted by molar-refractivity contribution is -0.135. The summed E-state index contributed by atoms with van der Waals surface area (Å²) in [5.41, 5.74) is 4.52. The summed E-state index contributed by atoms with van der Waals surface area (Å²) < 4.78 is 0. The lowest BCUT2D eigenvalue weighted by Crippen LogP contribution is -2.59. The number of amides is 3. The van der Waals surface area contributed by atoms with E-state index in [9.17, 15) is 19.2 Å². The fourth-order valence-corrected chi connectivity index (χ4v) is 8.58. The number of hydrogen-bond donors (Lipinski definition) is 3. The Kier molecular flexibility index (Phi) is 9.12. The van der Waals surface area contributed by atoms with E-state index in [1.54, 1.807) is 11.1 Å². The number of aryl methyl sites for hydroxylation is 1. The summed E-state index contributed by atoms with van der Waals surface area (Å²) in [6, 6.07) is 5.66. The Morgan fingerprint density at radius 1 is 0.959 bits per heavy atom. The van der Waals surface area contributed by atoms with E-state index in [1.807, 2.05) is 37.8 Å². The topological polar surface area (TPSA) is 138 Å². The van der Waals surface area contributed by atoms with Gasteiger partial charge in [0.25, 0.3) is 5.56 Å². The molecule has 1 aromatic carbocycles. The molecule has 3 fully saturated rings. The zero-order valence-corrected chi connectivity index (χ0v) is 29.3. The molecular formula is C37H50N8O4. The number of pyridine rings is 1. The molecule has 3 aliphatic heterocycles. The van der Waals surface area contributed by atoms with Gasteiger partial charge in [-0.1, -0.05) is 19.9 Å². The number of fused-ring (bicyclic) bond motifs is 2. The Balaban J connectivity index is 1.03. The highest BCUT2D eigenvalue weighted by molar-refractivity contribution is 6.00. The van der Waals surface area contributed by atoms with Gasteiger partial charge in [0.15, 0.2) is 5.78 Å². The first-order valence-corrected chi connectivity index (χ1v) is 18.0. The van der Waals surface area contributed by atoms with Crippen molar-refractivity contribution in [2.75, 3.05) is 59.4 Å². The van der Waals surface area contributed by atoms with Crippen molar-refractivity contribution in [1.82, 2.24) is 40.1 Å². The first-order valence-electron chi connectivity index (χ1n) is 18.0. The van der Waals surface area contributed by atoms with Gasteiger partial charge in [0.2, 0.25) is 5.91 Å². The Morgan fingerprint density at radius 2 is 1.67 bits per heavy atom. The molecule has 5 heterocycles.